The molecule has 0 spiro atoms. The molecule has 2 rings (SSSR count). The van der Waals surface area contributed by atoms with Gasteiger partial charge in [-0.3, -0.25) is 0 Å². The Morgan fingerprint density at radius 2 is 2.10 bits per heavy atom. The van der Waals surface area contributed by atoms with Crippen molar-refractivity contribution in [1.29, 1.82) is 5.26 Å². The van der Waals surface area contributed by atoms with Crippen LogP contribution in [0.5, 0.6) is 0 Å². The Bertz CT molecular complexity index is 641. The fourth-order valence-electron chi connectivity index (χ4n) is 2.26. The summed E-state index contributed by atoms with van der Waals surface area (Å²) < 4.78 is 11.2. The van der Waals surface area contributed by atoms with Crippen molar-refractivity contribution in [2.45, 2.75) is 39.2 Å². The SMILES string of the molecule is CCOC(CC)(CC)c1noc(-c2ccnc(C#N)c2)n1. The van der Waals surface area contributed by atoms with Gasteiger partial charge in [-0.25, -0.2) is 4.98 Å². The molecule has 0 bridgehead atoms. The van der Waals surface area contributed by atoms with Crippen LogP contribution in [0.2, 0.25) is 0 Å². The summed E-state index contributed by atoms with van der Waals surface area (Å²) in [5.74, 6) is 0.912. The monoisotopic (exact) mass is 286 g/mol. The third-order valence-electron chi connectivity index (χ3n) is 3.52. The van der Waals surface area contributed by atoms with Gasteiger partial charge in [0.1, 0.15) is 17.4 Å². The number of ether oxygens (including phenoxy) is 1. The Kier molecular flexibility index (Phi) is 4.66. The number of pyridine rings is 1. The highest BCUT2D eigenvalue weighted by Gasteiger charge is 2.34. The summed E-state index contributed by atoms with van der Waals surface area (Å²) in [6.45, 7) is 6.60. The summed E-state index contributed by atoms with van der Waals surface area (Å²) in [5, 5.41) is 13.0. The lowest BCUT2D eigenvalue weighted by Gasteiger charge is -2.27. The maximum atomic E-state index is 8.89. The quantitative estimate of drug-likeness (QED) is 0.811. The van der Waals surface area contributed by atoms with Crippen LogP contribution in [0.15, 0.2) is 22.9 Å². The molecule has 6 heteroatoms. The second-order valence-electron chi connectivity index (χ2n) is 4.60. The largest absolute Gasteiger partial charge is 0.367 e. The molecule has 2 aromatic heterocycles. The van der Waals surface area contributed by atoms with Crippen LogP contribution in [0.4, 0.5) is 0 Å². The maximum absolute atomic E-state index is 8.89. The minimum Gasteiger partial charge on any atom is -0.367 e. The van der Waals surface area contributed by atoms with E-state index < -0.39 is 5.60 Å². The van der Waals surface area contributed by atoms with Crippen molar-refractivity contribution in [3.05, 3.63) is 29.8 Å². The van der Waals surface area contributed by atoms with E-state index in [2.05, 4.69) is 15.1 Å². The zero-order chi connectivity index (χ0) is 15.3. The van der Waals surface area contributed by atoms with Crippen molar-refractivity contribution in [2.24, 2.45) is 0 Å². The van der Waals surface area contributed by atoms with Crippen LogP contribution in [0, 0.1) is 11.3 Å². The number of nitrogens with zero attached hydrogens (tertiary/aromatic N) is 4. The lowest BCUT2D eigenvalue weighted by Crippen LogP contribution is -2.29. The van der Waals surface area contributed by atoms with Crippen LogP contribution >= 0.6 is 0 Å². The molecule has 0 unspecified atom stereocenters. The first-order chi connectivity index (χ1) is 10.2. The first-order valence-electron chi connectivity index (χ1n) is 7.03. The van der Waals surface area contributed by atoms with Gasteiger partial charge in [0, 0.05) is 18.4 Å². The molecule has 0 N–H and O–H groups in total. The summed E-state index contributed by atoms with van der Waals surface area (Å²) in [6.07, 6.45) is 3.07. The molecule has 0 aliphatic carbocycles. The number of nitriles is 1. The zero-order valence-electron chi connectivity index (χ0n) is 12.5. The summed E-state index contributed by atoms with van der Waals surface area (Å²) in [5.41, 5.74) is 0.467. The maximum Gasteiger partial charge on any atom is 0.258 e. The fraction of sp³-hybridized carbons (Fsp3) is 0.467. The molecular formula is C15H18N4O2. The van der Waals surface area contributed by atoms with E-state index in [0.717, 1.165) is 12.8 Å². The lowest BCUT2D eigenvalue weighted by atomic mass is 9.96. The van der Waals surface area contributed by atoms with Crippen LogP contribution in [0.25, 0.3) is 11.5 Å². The normalized spacial score (nSPS) is 11.3. The molecule has 2 aromatic rings. The molecule has 0 fully saturated rings. The van der Waals surface area contributed by atoms with Crippen molar-refractivity contribution in [3.8, 4) is 17.5 Å². The van der Waals surface area contributed by atoms with Gasteiger partial charge in [-0.15, -0.1) is 0 Å². The average molecular weight is 286 g/mol. The zero-order valence-corrected chi connectivity index (χ0v) is 12.5. The van der Waals surface area contributed by atoms with Gasteiger partial charge in [-0.1, -0.05) is 19.0 Å². The molecule has 0 saturated heterocycles. The van der Waals surface area contributed by atoms with Crippen LogP contribution < -0.4 is 0 Å². The van der Waals surface area contributed by atoms with Crippen LogP contribution in [-0.4, -0.2) is 21.7 Å². The third kappa shape index (κ3) is 2.93. The smallest absolute Gasteiger partial charge is 0.258 e. The summed E-state index contributed by atoms with van der Waals surface area (Å²) in [7, 11) is 0. The Hall–Kier alpha value is -2.26. The number of rotatable bonds is 6. The third-order valence-corrected chi connectivity index (χ3v) is 3.52. The van der Waals surface area contributed by atoms with Gasteiger partial charge in [0.25, 0.3) is 5.89 Å². The van der Waals surface area contributed by atoms with Gasteiger partial charge in [-0.2, -0.15) is 10.2 Å². The Balaban J connectivity index is 2.38. The van der Waals surface area contributed by atoms with Crippen molar-refractivity contribution in [2.75, 3.05) is 6.61 Å². The minimum atomic E-state index is -0.526. The van der Waals surface area contributed by atoms with Crippen LogP contribution in [0.3, 0.4) is 0 Å². The molecule has 2 heterocycles. The number of hydrogen-bond donors (Lipinski definition) is 0. The average Bonchev–Trinajstić information content (AvgIpc) is 3.03. The van der Waals surface area contributed by atoms with E-state index in [4.69, 9.17) is 14.5 Å². The number of hydrogen-bond acceptors (Lipinski definition) is 6. The summed E-state index contributed by atoms with van der Waals surface area (Å²) >= 11 is 0. The van der Waals surface area contributed by atoms with Gasteiger partial charge < -0.3 is 9.26 Å². The summed E-state index contributed by atoms with van der Waals surface area (Å²) in [6, 6.07) is 5.35. The van der Waals surface area contributed by atoms with Gasteiger partial charge in [-0.05, 0) is 31.9 Å². The molecule has 6 nitrogen and oxygen atoms in total. The Morgan fingerprint density at radius 3 is 2.71 bits per heavy atom. The molecule has 0 aliphatic heterocycles. The van der Waals surface area contributed by atoms with Crippen molar-refractivity contribution >= 4 is 0 Å². The molecule has 110 valence electrons. The van der Waals surface area contributed by atoms with E-state index >= 15 is 0 Å². The van der Waals surface area contributed by atoms with Crippen molar-refractivity contribution < 1.29 is 9.26 Å². The molecule has 0 aliphatic rings. The predicted octanol–water partition coefficient (Wildman–Crippen LogP) is 3.06. The lowest BCUT2D eigenvalue weighted by molar-refractivity contribution is -0.0583. The van der Waals surface area contributed by atoms with E-state index in [1.165, 1.54) is 0 Å². The molecule has 0 radical (unpaired) electrons. The summed E-state index contributed by atoms with van der Waals surface area (Å²) in [4.78, 5) is 8.37. The Labute approximate surface area is 123 Å². The van der Waals surface area contributed by atoms with Crippen molar-refractivity contribution in [1.82, 2.24) is 15.1 Å². The molecular weight excluding hydrogens is 268 g/mol. The second-order valence-corrected chi connectivity index (χ2v) is 4.60. The minimum absolute atomic E-state index is 0.314. The highest BCUT2D eigenvalue weighted by molar-refractivity contribution is 5.54. The van der Waals surface area contributed by atoms with E-state index in [1.807, 2.05) is 26.8 Å². The molecule has 0 aromatic carbocycles. The van der Waals surface area contributed by atoms with Gasteiger partial charge in [0.15, 0.2) is 0 Å². The second kappa shape index (κ2) is 6.46. The van der Waals surface area contributed by atoms with Crippen molar-refractivity contribution in [3.63, 3.8) is 0 Å². The van der Waals surface area contributed by atoms with E-state index in [9.17, 15) is 0 Å². The number of aromatic nitrogens is 3. The fourth-order valence-corrected chi connectivity index (χ4v) is 2.26. The molecule has 21 heavy (non-hydrogen) atoms. The van der Waals surface area contributed by atoms with E-state index in [-0.39, 0.29) is 0 Å². The first kappa shape index (κ1) is 15.1. The van der Waals surface area contributed by atoms with E-state index in [1.54, 1.807) is 18.3 Å². The Morgan fingerprint density at radius 1 is 1.33 bits per heavy atom. The van der Waals surface area contributed by atoms with Gasteiger partial charge in [0.2, 0.25) is 5.82 Å². The topological polar surface area (TPSA) is 84.8 Å². The molecule has 0 saturated carbocycles. The van der Waals surface area contributed by atoms with Gasteiger partial charge in [0.05, 0.1) is 0 Å². The highest BCUT2D eigenvalue weighted by atomic mass is 16.5. The predicted molar refractivity (Wildman–Crippen MR) is 76.1 cm³/mol. The van der Waals surface area contributed by atoms with Crippen LogP contribution in [0.1, 0.15) is 45.1 Å². The van der Waals surface area contributed by atoms with E-state index in [0.29, 0.717) is 29.6 Å². The highest BCUT2D eigenvalue weighted by Crippen LogP contribution is 2.32. The standard InChI is InChI=1S/C15H18N4O2/c1-4-15(5-2,20-6-3)14-18-13(21-19-14)11-7-8-17-12(9-11)10-16/h7-9H,4-6H2,1-3H3. The van der Waals surface area contributed by atoms with Crippen LogP contribution in [-0.2, 0) is 10.3 Å². The first-order valence-corrected chi connectivity index (χ1v) is 7.03. The van der Waals surface area contributed by atoms with Gasteiger partial charge >= 0.3 is 0 Å². The molecule has 0 atom stereocenters. The molecule has 0 amide bonds.